The van der Waals surface area contributed by atoms with Crippen LogP contribution in [0.5, 0.6) is 17.2 Å². The molecule has 0 spiro atoms. The lowest BCUT2D eigenvalue weighted by atomic mass is 10.1. The quantitative estimate of drug-likeness (QED) is 0.777. The van der Waals surface area contributed by atoms with Gasteiger partial charge in [0.2, 0.25) is 0 Å². The van der Waals surface area contributed by atoms with Gasteiger partial charge in [-0.15, -0.1) is 10.2 Å². The van der Waals surface area contributed by atoms with Crippen LogP contribution < -0.4 is 4.74 Å². The minimum absolute atomic E-state index is 0.00603. The van der Waals surface area contributed by atoms with Crippen molar-refractivity contribution in [2.45, 2.75) is 6.92 Å². The van der Waals surface area contributed by atoms with Gasteiger partial charge in [0.05, 0.1) is 12.7 Å². The zero-order valence-electron chi connectivity index (χ0n) is 12.2. The van der Waals surface area contributed by atoms with Crippen molar-refractivity contribution in [2.75, 3.05) is 7.11 Å². The van der Waals surface area contributed by atoms with E-state index in [1.807, 2.05) is 35.8 Å². The first-order chi connectivity index (χ1) is 10.6. The first kappa shape index (κ1) is 13.9. The van der Waals surface area contributed by atoms with Crippen LogP contribution in [0.15, 0.2) is 42.5 Å². The van der Waals surface area contributed by atoms with Crippen molar-refractivity contribution in [1.29, 1.82) is 0 Å². The van der Waals surface area contributed by atoms with E-state index in [4.69, 9.17) is 4.74 Å². The van der Waals surface area contributed by atoms with Crippen LogP contribution in [0.3, 0.4) is 0 Å². The first-order valence-electron chi connectivity index (χ1n) is 6.69. The minimum Gasteiger partial charge on any atom is -0.508 e. The molecule has 0 saturated carbocycles. The number of hydrogen-bond donors (Lipinski definition) is 2. The summed E-state index contributed by atoms with van der Waals surface area (Å²) in [7, 11) is 1.61. The van der Waals surface area contributed by atoms with Gasteiger partial charge in [0.25, 0.3) is 0 Å². The van der Waals surface area contributed by atoms with Crippen LogP contribution >= 0.6 is 0 Å². The van der Waals surface area contributed by atoms with Gasteiger partial charge in [0, 0.05) is 11.8 Å². The third-order valence-electron chi connectivity index (χ3n) is 3.38. The van der Waals surface area contributed by atoms with Gasteiger partial charge < -0.3 is 14.9 Å². The fourth-order valence-corrected chi connectivity index (χ4v) is 2.29. The minimum atomic E-state index is -0.0536. The van der Waals surface area contributed by atoms with E-state index in [1.165, 1.54) is 12.1 Å². The summed E-state index contributed by atoms with van der Waals surface area (Å²) in [6.45, 7) is 1.83. The van der Waals surface area contributed by atoms with Gasteiger partial charge in [-0.3, -0.25) is 4.57 Å². The molecule has 3 aromatic rings. The van der Waals surface area contributed by atoms with Crippen molar-refractivity contribution < 1.29 is 14.9 Å². The number of hydrogen-bond acceptors (Lipinski definition) is 5. The van der Waals surface area contributed by atoms with Crippen molar-refractivity contribution in [3.05, 3.63) is 48.3 Å². The second kappa shape index (κ2) is 5.40. The summed E-state index contributed by atoms with van der Waals surface area (Å²) in [6.07, 6.45) is 0. The summed E-state index contributed by atoms with van der Waals surface area (Å²) in [5.74, 6) is 1.88. The Hall–Kier alpha value is -3.02. The summed E-state index contributed by atoms with van der Waals surface area (Å²) >= 11 is 0. The maximum atomic E-state index is 10.0. The second-order valence-corrected chi connectivity index (χ2v) is 4.81. The normalized spacial score (nSPS) is 10.6. The van der Waals surface area contributed by atoms with Gasteiger partial charge >= 0.3 is 0 Å². The molecule has 2 aromatic carbocycles. The number of phenols is 2. The van der Waals surface area contributed by atoms with Crippen molar-refractivity contribution in [3.8, 4) is 34.3 Å². The molecule has 3 rings (SSSR count). The number of phenolic OH excluding ortho intramolecular Hbond substituents is 2. The highest BCUT2D eigenvalue weighted by Crippen LogP contribution is 2.32. The Morgan fingerprint density at radius 2 is 1.73 bits per heavy atom. The van der Waals surface area contributed by atoms with Crippen molar-refractivity contribution in [3.63, 3.8) is 0 Å². The van der Waals surface area contributed by atoms with E-state index in [-0.39, 0.29) is 11.5 Å². The van der Waals surface area contributed by atoms with Crippen LogP contribution in [-0.2, 0) is 0 Å². The van der Waals surface area contributed by atoms with E-state index < -0.39 is 0 Å². The number of aryl methyl sites for hydroxylation is 1. The molecule has 0 unspecified atom stereocenters. The molecular weight excluding hydrogens is 282 g/mol. The van der Waals surface area contributed by atoms with Crippen LogP contribution in [0.25, 0.3) is 17.1 Å². The molecule has 112 valence electrons. The summed E-state index contributed by atoms with van der Waals surface area (Å²) in [5, 5.41) is 27.7. The summed E-state index contributed by atoms with van der Waals surface area (Å²) in [6, 6.07) is 11.8. The van der Waals surface area contributed by atoms with Crippen molar-refractivity contribution in [1.82, 2.24) is 14.8 Å². The Kier molecular flexibility index (Phi) is 3.42. The Labute approximate surface area is 127 Å². The molecular formula is C16H15N3O3. The van der Waals surface area contributed by atoms with E-state index in [0.717, 1.165) is 11.4 Å². The lowest BCUT2D eigenvalue weighted by molar-refractivity contribution is 0.414. The Balaban J connectivity index is 2.14. The second-order valence-electron chi connectivity index (χ2n) is 4.81. The molecule has 0 aliphatic heterocycles. The maximum absolute atomic E-state index is 10.0. The summed E-state index contributed by atoms with van der Waals surface area (Å²) < 4.78 is 6.98. The number of nitrogens with zero attached hydrogens (tertiary/aromatic N) is 3. The van der Waals surface area contributed by atoms with Gasteiger partial charge in [-0.25, -0.2) is 0 Å². The van der Waals surface area contributed by atoms with Gasteiger partial charge in [-0.1, -0.05) is 0 Å². The average molecular weight is 297 g/mol. The van der Waals surface area contributed by atoms with Crippen molar-refractivity contribution >= 4 is 0 Å². The molecule has 0 aliphatic rings. The smallest absolute Gasteiger partial charge is 0.172 e. The van der Waals surface area contributed by atoms with Gasteiger partial charge in [-0.05, 0) is 43.3 Å². The predicted octanol–water partition coefficient (Wildman–Crippen LogP) is 2.66. The third-order valence-corrected chi connectivity index (χ3v) is 3.38. The zero-order chi connectivity index (χ0) is 15.7. The van der Waals surface area contributed by atoms with Crippen LogP contribution in [-0.4, -0.2) is 32.1 Å². The monoisotopic (exact) mass is 297 g/mol. The maximum Gasteiger partial charge on any atom is 0.172 e. The van der Waals surface area contributed by atoms with Crippen LogP contribution in [0, 0.1) is 6.92 Å². The highest BCUT2D eigenvalue weighted by molar-refractivity contribution is 5.67. The molecule has 6 heteroatoms. The Morgan fingerprint density at radius 3 is 2.36 bits per heavy atom. The van der Waals surface area contributed by atoms with Gasteiger partial charge in [0.1, 0.15) is 23.1 Å². The molecule has 0 fully saturated rings. The van der Waals surface area contributed by atoms with Crippen LogP contribution in [0.1, 0.15) is 5.82 Å². The SMILES string of the molecule is COc1ccc(-n2c(C)nnc2-c2ccc(O)cc2O)cc1. The molecule has 1 heterocycles. The van der Waals surface area contributed by atoms with Crippen LogP contribution in [0.2, 0.25) is 0 Å². The van der Waals surface area contributed by atoms with Gasteiger partial charge in [-0.2, -0.15) is 0 Å². The number of aromatic hydroxyl groups is 2. The molecule has 6 nitrogen and oxygen atoms in total. The fraction of sp³-hybridized carbons (Fsp3) is 0.125. The zero-order valence-corrected chi connectivity index (χ0v) is 12.2. The van der Waals surface area contributed by atoms with E-state index in [0.29, 0.717) is 17.2 Å². The molecule has 0 bridgehead atoms. The third kappa shape index (κ3) is 2.35. The number of methoxy groups -OCH3 is 1. The molecule has 0 atom stereocenters. The number of ether oxygens (including phenoxy) is 1. The summed E-state index contributed by atoms with van der Waals surface area (Å²) in [5.41, 5.74) is 1.35. The van der Waals surface area contributed by atoms with E-state index in [1.54, 1.807) is 13.2 Å². The summed E-state index contributed by atoms with van der Waals surface area (Å²) in [4.78, 5) is 0. The lowest BCUT2D eigenvalue weighted by Gasteiger charge is -2.10. The van der Waals surface area contributed by atoms with E-state index in [9.17, 15) is 10.2 Å². The molecule has 22 heavy (non-hydrogen) atoms. The molecule has 1 aromatic heterocycles. The first-order valence-corrected chi connectivity index (χ1v) is 6.69. The van der Waals surface area contributed by atoms with Crippen molar-refractivity contribution in [2.24, 2.45) is 0 Å². The van der Waals surface area contributed by atoms with E-state index in [2.05, 4.69) is 10.2 Å². The lowest BCUT2D eigenvalue weighted by Crippen LogP contribution is -2.00. The predicted molar refractivity (Wildman–Crippen MR) is 81.4 cm³/mol. The topological polar surface area (TPSA) is 80.4 Å². The Bertz CT molecular complexity index is 810. The number of rotatable bonds is 3. The molecule has 0 aliphatic carbocycles. The molecule has 2 N–H and O–H groups in total. The van der Waals surface area contributed by atoms with Gasteiger partial charge in [0.15, 0.2) is 5.82 Å². The molecule has 0 amide bonds. The molecule has 0 saturated heterocycles. The highest BCUT2D eigenvalue weighted by atomic mass is 16.5. The molecule has 0 radical (unpaired) electrons. The Morgan fingerprint density at radius 1 is 1.00 bits per heavy atom. The van der Waals surface area contributed by atoms with E-state index >= 15 is 0 Å². The standard InChI is InChI=1S/C16H15N3O3/c1-10-17-18-16(14-8-5-12(20)9-15(14)21)19(10)11-3-6-13(22-2)7-4-11/h3-9,20-21H,1-2H3. The number of benzene rings is 2. The largest absolute Gasteiger partial charge is 0.508 e. The van der Waals surface area contributed by atoms with Crippen LogP contribution in [0.4, 0.5) is 0 Å². The fourth-order valence-electron chi connectivity index (χ4n) is 2.29. The highest BCUT2D eigenvalue weighted by Gasteiger charge is 2.16. The average Bonchev–Trinajstić information content (AvgIpc) is 2.89. The number of aromatic nitrogens is 3.